The van der Waals surface area contributed by atoms with E-state index >= 15 is 0 Å². The summed E-state index contributed by atoms with van der Waals surface area (Å²) in [4.78, 5) is 16.7. The maximum atomic E-state index is 12.3. The molecule has 1 aromatic carbocycles. The Balaban J connectivity index is 1.85. The fourth-order valence-electron chi connectivity index (χ4n) is 2.46. The van der Waals surface area contributed by atoms with Gasteiger partial charge in [-0.2, -0.15) is 0 Å². The third kappa shape index (κ3) is 2.83. The molecule has 1 fully saturated rings. The second-order valence-corrected chi connectivity index (χ2v) is 5.57. The maximum Gasteiger partial charge on any atom is 0.270 e. The number of carbonyl (C=O) groups excluding carboxylic acids is 1. The Hall–Kier alpha value is -2.14. The van der Waals surface area contributed by atoms with E-state index in [1.807, 2.05) is 31.2 Å². The molecule has 5 nitrogen and oxygen atoms in total. The predicted molar refractivity (Wildman–Crippen MR) is 79.6 cm³/mol. The van der Waals surface area contributed by atoms with Crippen molar-refractivity contribution in [3.63, 3.8) is 0 Å². The number of nitrogens with one attached hydrogen (secondary N) is 1. The van der Waals surface area contributed by atoms with Crippen molar-refractivity contribution in [2.75, 3.05) is 20.3 Å². The number of methoxy groups -OCH3 is 1. The molecule has 5 heteroatoms. The van der Waals surface area contributed by atoms with Gasteiger partial charge in [0.15, 0.2) is 0 Å². The molecule has 3 rings (SSSR count). The van der Waals surface area contributed by atoms with Crippen LogP contribution >= 0.6 is 0 Å². The van der Waals surface area contributed by atoms with E-state index in [4.69, 9.17) is 9.47 Å². The minimum absolute atomic E-state index is 0.166. The first-order valence-electron chi connectivity index (χ1n) is 6.95. The van der Waals surface area contributed by atoms with Gasteiger partial charge in [0, 0.05) is 12.0 Å². The molecular weight excluding hydrogens is 268 g/mol. The molecule has 0 saturated carbocycles. The number of nitrogens with zero attached hydrogens (tertiary/aromatic N) is 1. The third-order valence-electron chi connectivity index (χ3n) is 3.76. The standard InChI is InChI=1S/C16H18N2O3/c1-16(7-8-21-10-16)18-15(19)14-5-3-11-9-12(20-2)4-6-13(11)17-14/h3-6,9H,7-8,10H2,1-2H3,(H,18,19). The summed E-state index contributed by atoms with van der Waals surface area (Å²) in [6, 6.07) is 9.20. The number of amides is 1. The number of hydrogen-bond acceptors (Lipinski definition) is 4. The number of fused-ring (bicyclic) bond motifs is 1. The number of hydrogen-bond donors (Lipinski definition) is 1. The van der Waals surface area contributed by atoms with Crippen LogP contribution < -0.4 is 10.1 Å². The van der Waals surface area contributed by atoms with Crippen molar-refractivity contribution in [1.29, 1.82) is 0 Å². The van der Waals surface area contributed by atoms with Gasteiger partial charge in [-0.15, -0.1) is 0 Å². The van der Waals surface area contributed by atoms with Gasteiger partial charge in [0.25, 0.3) is 5.91 Å². The Kier molecular flexibility index (Phi) is 3.51. The van der Waals surface area contributed by atoms with E-state index in [0.717, 1.165) is 23.1 Å². The van der Waals surface area contributed by atoms with Crippen molar-refractivity contribution in [3.05, 3.63) is 36.0 Å². The second-order valence-electron chi connectivity index (χ2n) is 5.57. The van der Waals surface area contributed by atoms with E-state index in [1.54, 1.807) is 13.2 Å². The Bertz CT molecular complexity index is 678. The molecule has 1 unspecified atom stereocenters. The van der Waals surface area contributed by atoms with E-state index in [0.29, 0.717) is 18.9 Å². The van der Waals surface area contributed by atoms with Crippen LogP contribution in [0.2, 0.25) is 0 Å². The molecule has 0 spiro atoms. The predicted octanol–water partition coefficient (Wildman–Crippen LogP) is 2.15. The average molecular weight is 286 g/mol. The summed E-state index contributed by atoms with van der Waals surface area (Å²) in [7, 11) is 1.63. The van der Waals surface area contributed by atoms with E-state index in [2.05, 4.69) is 10.3 Å². The summed E-state index contributed by atoms with van der Waals surface area (Å²) >= 11 is 0. The topological polar surface area (TPSA) is 60.5 Å². The van der Waals surface area contributed by atoms with Crippen LogP contribution in [0.3, 0.4) is 0 Å². The van der Waals surface area contributed by atoms with Gasteiger partial charge >= 0.3 is 0 Å². The zero-order chi connectivity index (χ0) is 14.9. The van der Waals surface area contributed by atoms with Gasteiger partial charge in [-0.1, -0.05) is 6.07 Å². The van der Waals surface area contributed by atoms with Crippen molar-refractivity contribution in [1.82, 2.24) is 10.3 Å². The van der Waals surface area contributed by atoms with Gasteiger partial charge in [-0.25, -0.2) is 4.98 Å². The highest BCUT2D eigenvalue weighted by Crippen LogP contribution is 2.21. The van der Waals surface area contributed by atoms with Crippen LogP contribution in [0.4, 0.5) is 0 Å². The fraction of sp³-hybridized carbons (Fsp3) is 0.375. The molecular formula is C16H18N2O3. The summed E-state index contributed by atoms with van der Waals surface area (Å²) in [6.07, 6.45) is 0.823. The van der Waals surface area contributed by atoms with E-state index in [-0.39, 0.29) is 11.4 Å². The lowest BCUT2D eigenvalue weighted by Crippen LogP contribution is -2.46. The number of benzene rings is 1. The number of aromatic nitrogens is 1. The van der Waals surface area contributed by atoms with Gasteiger partial charge in [-0.05, 0) is 37.6 Å². The molecule has 1 aromatic heterocycles. The van der Waals surface area contributed by atoms with Gasteiger partial charge in [-0.3, -0.25) is 4.79 Å². The zero-order valence-electron chi connectivity index (χ0n) is 12.2. The molecule has 1 aliphatic rings. The van der Waals surface area contributed by atoms with Crippen molar-refractivity contribution < 1.29 is 14.3 Å². The lowest BCUT2D eigenvalue weighted by Gasteiger charge is -2.23. The summed E-state index contributed by atoms with van der Waals surface area (Å²) in [5, 5.41) is 3.95. The highest BCUT2D eigenvalue weighted by molar-refractivity contribution is 5.95. The van der Waals surface area contributed by atoms with Crippen LogP contribution in [0.25, 0.3) is 10.9 Å². The number of rotatable bonds is 3. The molecule has 2 aromatic rings. The fourth-order valence-corrected chi connectivity index (χ4v) is 2.46. The molecule has 1 atom stereocenters. The van der Waals surface area contributed by atoms with E-state index in [1.165, 1.54) is 0 Å². The van der Waals surface area contributed by atoms with Crippen LogP contribution in [0.5, 0.6) is 5.75 Å². The summed E-state index contributed by atoms with van der Waals surface area (Å²) in [5.74, 6) is 0.609. The molecule has 0 aliphatic carbocycles. The second kappa shape index (κ2) is 5.33. The normalized spacial score (nSPS) is 21.4. The SMILES string of the molecule is COc1ccc2nc(C(=O)NC3(C)CCOC3)ccc2c1. The zero-order valence-corrected chi connectivity index (χ0v) is 12.2. The highest BCUT2D eigenvalue weighted by Gasteiger charge is 2.31. The molecule has 110 valence electrons. The van der Waals surface area contributed by atoms with E-state index < -0.39 is 0 Å². The van der Waals surface area contributed by atoms with Crippen molar-refractivity contribution in [3.8, 4) is 5.75 Å². The molecule has 1 amide bonds. The number of carbonyl (C=O) groups is 1. The quantitative estimate of drug-likeness (QED) is 0.939. The van der Waals surface area contributed by atoms with Gasteiger partial charge in [0.1, 0.15) is 11.4 Å². The Labute approximate surface area is 123 Å². The molecule has 1 aliphatic heterocycles. The summed E-state index contributed by atoms with van der Waals surface area (Å²) < 4.78 is 10.5. The molecule has 1 N–H and O–H groups in total. The molecule has 0 bridgehead atoms. The monoisotopic (exact) mass is 286 g/mol. The first-order chi connectivity index (χ1) is 10.1. The van der Waals surface area contributed by atoms with Gasteiger partial charge < -0.3 is 14.8 Å². The lowest BCUT2D eigenvalue weighted by atomic mass is 10.0. The minimum Gasteiger partial charge on any atom is -0.497 e. The van der Waals surface area contributed by atoms with Gasteiger partial charge in [0.2, 0.25) is 0 Å². The third-order valence-corrected chi connectivity index (χ3v) is 3.76. The van der Waals surface area contributed by atoms with Crippen molar-refractivity contribution >= 4 is 16.8 Å². The van der Waals surface area contributed by atoms with Crippen LogP contribution in [0.1, 0.15) is 23.8 Å². The van der Waals surface area contributed by atoms with Gasteiger partial charge in [0.05, 0.1) is 24.8 Å². The van der Waals surface area contributed by atoms with E-state index in [9.17, 15) is 4.79 Å². The minimum atomic E-state index is -0.298. The number of pyridine rings is 1. The Morgan fingerprint density at radius 1 is 1.38 bits per heavy atom. The maximum absolute atomic E-state index is 12.3. The highest BCUT2D eigenvalue weighted by atomic mass is 16.5. The summed E-state index contributed by atoms with van der Waals surface area (Å²) in [6.45, 7) is 3.22. The van der Waals surface area contributed by atoms with Crippen LogP contribution in [0.15, 0.2) is 30.3 Å². The molecule has 0 radical (unpaired) electrons. The van der Waals surface area contributed by atoms with Crippen LogP contribution in [-0.4, -0.2) is 36.8 Å². The van der Waals surface area contributed by atoms with Crippen LogP contribution in [0, 0.1) is 0 Å². The van der Waals surface area contributed by atoms with Crippen LogP contribution in [-0.2, 0) is 4.74 Å². The van der Waals surface area contributed by atoms with Crippen molar-refractivity contribution in [2.45, 2.75) is 18.9 Å². The smallest absolute Gasteiger partial charge is 0.270 e. The molecule has 1 saturated heterocycles. The molecule has 21 heavy (non-hydrogen) atoms. The Morgan fingerprint density at radius 2 is 2.24 bits per heavy atom. The summed E-state index contributed by atoms with van der Waals surface area (Å²) in [5.41, 5.74) is 0.894. The lowest BCUT2D eigenvalue weighted by molar-refractivity contribution is 0.0885. The largest absolute Gasteiger partial charge is 0.497 e. The number of ether oxygens (including phenoxy) is 2. The molecule has 2 heterocycles. The first kappa shape index (κ1) is 13.8. The average Bonchev–Trinajstić information content (AvgIpc) is 2.92. The Morgan fingerprint density at radius 3 is 2.95 bits per heavy atom. The first-order valence-corrected chi connectivity index (χ1v) is 6.95. The van der Waals surface area contributed by atoms with Crippen molar-refractivity contribution in [2.24, 2.45) is 0 Å².